The highest BCUT2D eigenvalue weighted by molar-refractivity contribution is 5.92. The van der Waals surface area contributed by atoms with Crippen LogP contribution in [0.2, 0.25) is 0 Å². The van der Waals surface area contributed by atoms with Crippen LogP contribution in [0.1, 0.15) is 0 Å². The highest BCUT2D eigenvalue weighted by Crippen LogP contribution is 2.14. The molecular weight excluding hydrogens is 182 g/mol. The predicted octanol–water partition coefficient (Wildman–Crippen LogP) is 0.836. The number of rotatable bonds is 0. The molecule has 0 N–H and O–H groups in total. The molecule has 68 valence electrons. The van der Waals surface area contributed by atoms with Crippen molar-refractivity contribution in [1.29, 1.82) is 0 Å². The third-order valence-electron chi connectivity index (χ3n) is 2.10. The summed E-state index contributed by atoms with van der Waals surface area (Å²) in [5.74, 6) is -0.564. The SMILES string of the molecule is O=c1onc2c3ccccc3cnn12. The number of hydrogen-bond acceptors (Lipinski definition) is 4. The van der Waals surface area contributed by atoms with Crippen LogP contribution in [0.25, 0.3) is 16.4 Å². The average Bonchev–Trinajstić information content (AvgIpc) is 2.61. The monoisotopic (exact) mass is 187 g/mol. The van der Waals surface area contributed by atoms with Crippen LogP contribution in [0, 0.1) is 0 Å². The molecular formula is C9H5N3O2. The van der Waals surface area contributed by atoms with Gasteiger partial charge in [0.1, 0.15) is 0 Å². The van der Waals surface area contributed by atoms with Crippen molar-refractivity contribution in [2.75, 3.05) is 0 Å². The molecule has 0 aliphatic heterocycles. The lowest BCUT2D eigenvalue weighted by Crippen LogP contribution is -2.08. The van der Waals surface area contributed by atoms with Crippen LogP contribution in [-0.2, 0) is 0 Å². The van der Waals surface area contributed by atoms with E-state index < -0.39 is 5.76 Å². The van der Waals surface area contributed by atoms with Gasteiger partial charge in [-0.15, -0.1) is 4.52 Å². The average molecular weight is 187 g/mol. The molecule has 0 aliphatic rings. The summed E-state index contributed by atoms with van der Waals surface area (Å²) in [4.78, 5) is 11.1. The summed E-state index contributed by atoms with van der Waals surface area (Å²) in [6.45, 7) is 0. The number of aromatic nitrogens is 3. The highest BCUT2D eigenvalue weighted by atomic mass is 16.5. The predicted molar refractivity (Wildman–Crippen MR) is 49.0 cm³/mol. The standard InChI is InChI=1S/C9H5N3O2/c13-9-12-8(11-14-9)7-4-2-1-3-6(7)5-10-12/h1-5H. The summed E-state index contributed by atoms with van der Waals surface area (Å²) >= 11 is 0. The summed E-state index contributed by atoms with van der Waals surface area (Å²) in [5.41, 5.74) is 0.452. The Morgan fingerprint density at radius 2 is 2.14 bits per heavy atom. The fourth-order valence-corrected chi connectivity index (χ4v) is 1.44. The van der Waals surface area contributed by atoms with E-state index in [2.05, 4.69) is 14.8 Å². The molecule has 0 atom stereocenters. The molecule has 14 heavy (non-hydrogen) atoms. The number of hydrogen-bond donors (Lipinski definition) is 0. The van der Waals surface area contributed by atoms with E-state index in [-0.39, 0.29) is 0 Å². The quantitative estimate of drug-likeness (QED) is 0.523. The van der Waals surface area contributed by atoms with Gasteiger partial charge in [0.05, 0.1) is 6.20 Å². The van der Waals surface area contributed by atoms with Crippen molar-refractivity contribution in [3.05, 3.63) is 41.0 Å². The summed E-state index contributed by atoms with van der Waals surface area (Å²) in [7, 11) is 0. The molecule has 0 spiro atoms. The number of nitrogens with zero attached hydrogens (tertiary/aromatic N) is 3. The Hall–Kier alpha value is -2.17. The van der Waals surface area contributed by atoms with Crippen LogP contribution in [0.5, 0.6) is 0 Å². The van der Waals surface area contributed by atoms with Gasteiger partial charge >= 0.3 is 5.76 Å². The second-order valence-corrected chi connectivity index (χ2v) is 2.92. The summed E-state index contributed by atoms with van der Waals surface area (Å²) in [6.07, 6.45) is 1.61. The van der Waals surface area contributed by atoms with Gasteiger partial charge < -0.3 is 0 Å². The third kappa shape index (κ3) is 0.806. The maximum Gasteiger partial charge on any atom is 0.463 e. The normalized spacial score (nSPS) is 11.1. The lowest BCUT2D eigenvalue weighted by Gasteiger charge is -1.95. The van der Waals surface area contributed by atoms with E-state index in [1.165, 1.54) is 0 Å². The molecule has 0 unspecified atom stereocenters. The van der Waals surface area contributed by atoms with Gasteiger partial charge in [-0.05, 0) is 0 Å². The van der Waals surface area contributed by atoms with Gasteiger partial charge in [-0.25, -0.2) is 4.79 Å². The molecule has 0 saturated carbocycles. The van der Waals surface area contributed by atoms with E-state index in [9.17, 15) is 4.79 Å². The van der Waals surface area contributed by atoms with Gasteiger partial charge in [0.25, 0.3) is 0 Å². The molecule has 0 bridgehead atoms. The molecule has 2 aromatic heterocycles. The van der Waals surface area contributed by atoms with Gasteiger partial charge in [0.2, 0.25) is 5.65 Å². The van der Waals surface area contributed by atoms with Gasteiger partial charge in [0, 0.05) is 10.8 Å². The molecule has 5 heteroatoms. The minimum Gasteiger partial charge on any atom is -0.294 e. The molecule has 0 fully saturated rings. The van der Waals surface area contributed by atoms with Crippen LogP contribution in [-0.4, -0.2) is 14.8 Å². The maximum atomic E-state index is 11.1. The van der Waals surface area contributed by atoms with E-state index in [1.807, 2.05) is 24.3 Å². The van der Waals surface area contributed by atoms with Gasteiger partial charge in [-0.2, -0.15) is 5.10 Å². The van der Waals surface area contributed by atoms with Gasteiger partial charge in [-0.3, -0.25) is 4.52 Å². The Kier molecular flexibility index (Phi) is 1.25. The molecule has 0 radical (unpaired) electrons. The Balaban J connectivity index is 2.68. The van der Waals surface area contributed by atoms with Crippen molar-refractivity contribution in [2.24, 2.45) is 0 Å². The molecule has 3 rings (SSSR count). The fourth-order valence-electron chi connectivity index (χ4n) is 1.44. The molecule has 1 aromatic carbocycles. The molecule has 0 saturated heterocycles. The zero-order valence-electron chi connectivity index (χ0n) is 7.04. The van der Waals surface area contributed by atoms with E-state index >= 15 is 0 Å². The summed E-state index contributed by atoms with van der Waals surface area (Å²) < 4.78 is 5.66. The molecule has 0 aliphatic carbocycles. The first-order valence-electron chi connectivity index (χ1n) is 4.09. The first kappa shape index (κ1) is 7.25. The van der Waals surface area contributed by atoms with Crippen LogP contribution in [0.15, 0.2) is 39.8 Å². The maximum absolute atomic E-state index is 11.1. The van der Waals surface area contributed by atoms with E-state index in [0.29, 0.717) is 5.65 Å². The van der Waals surface area contributed by atoms with E-state index in [4.69, 9.17) is 0 Å². The van der Waals surface area contributed by atoms with E-state index in [1.54, 1.807) is 6.20 Å². The first-order chi connectivity index (χ1) is 6.86. The van der Waals surface area contributed by atoms with Gasteiger partial charge in [0.15, 0.2) is 0 Å². The Bertz CT molecular complexity index is 668. The zero-order chi connectivity index (χ0) is 9.54. The molecule has 5 nitrogen and oxygen atoms in total. The second-order valence-electron chi connectivity index (χ2n) is 2.92. The van der Waals surface area contributed by atoms with Crippen LogP contribution in [0.3, 0.4) is 0 Å². The number of benzene rings is 1. The van der Waals surface area contributed by atoms with Crippen molar-refractivity contribution < 1.29 is 4.52 Å². The highest BCUT2D eigenvalue weighted by Gasteiger charge is 2.06. The lowest BCUT2D eigenvalue weighted by molar-refractivity contribution is 0.384. The smallest absolute Gasteiger partial charge is 0.294 e. The Morgan fingerprint density at radius 3 is 3.07 bits per heavy atom. The Labute approximate surface area is 77.6 Å². The van der Waals surface area contributed by atoms with Crippen LogP contribution >= 0.6 is 0 Å². The largest absolute Gasteiger partial charge is 0.463 e. The van der Waals surface area contributed by atoms with E-state index in [0.717, 1.165) is 15.3 Å². The molecule has 2 heterocycles. The number of fused-ring (bicyclic) bond motifs is 3. The molecule has 0 amide bonds. The second kappa shape index (κ2) is 2.41. The summed E-state index contributed by atoms with van der Waals surface area (Å²) in [6, 6.07) is 7.55. The van der Waals surface area contributed by atoms with Crippen molar-refractivity contribution in [3.63, 3.8) is 0 Å². The van der Waals surface area contributed by atoms with Crippen molar-refractivity contribution in [1.82, 2.24) is 14.8 Å². The lowest BCUT2D eigenvalue weighted by atomic mass is 10.2. The van der Waals surface area contributed by atoms with Crippen molar-refractivity contribution in [3.8, 4) is 0 Å². The van der Waals surface area contributed by atoms with Crippen molar-refractivity contribution in [2.45, 2.75) is 0 Å². The topological polar surface area (TPSA) is 60.4 Å². The van der Waals surface area contributed by atoms with Gasteiger partial charge in [-0.1, -0.05) is 29.4 Å². The Morgan fingerprint density at radius 1 is 1.29 bits per heavy atom. The minimum absolute atomic E-state index is 0.452. The third-order valence-corrected chi connectivity index (χ3v) is 2.10. The van der Waals surface area contributed by atoms with Crippen LogP contribution < -0.4 is 5.76 Å². The summed E-state index contributed by atoms with van der Waals surface area (Å²) in [5, 5.41) is 9.36. The minimum atomic E-state index is -0.564. The zero-order valence-corrected chi connectivity index (χ0v) is 7.04. The fraction of sp³-hybridized carbons (Fsp3) is 0. The van der Waals surface area contributed by atoms with Crippen molar-refractivity contribution >= 4 is 16.4 Å². The first-order valence-corrected chi connectivity index (χ1v) is 4.09. The molecule has 3 aromatic rings. The van der Waals surface area contributed by atoms with Crippen LogP contribution in [0.4, 0.5) is 0 Å².